The average Bonchev–Trinajstić information content (AvgIpc) is 3.36. The molecule has 1 aliphatic rings. The number of esters is 1. The molecule has 0 radical (unpaired) electrons. The van der Waals surface area contributed by atoms with Crippen molar-refractivity contribution in [3.05, 3.63) is 90.3 Å². The Labute approximate surface area is 211 Å². The number of aromatic nitrogens is 2. The highest BCUT2D eigenvalue weighted by molar-refractivity contribution is 5.94. The number of rotatable bonds is 8. The first-order valence-electron chi connectivity index (χ1n) is 12.5. The van der Waals surface area contributed by atoms with Gasteiger partial charge in [-0.2, -0.15) is 0 Å². The van der Waals surface area contributed by atoms with Gasteiger partial charge in [-0.3, -0.25) is 9.47 Å². The standard InChI is InChI=1S/C29H32N4O3/c1-3-35-22(2)31-14-16-32(17-15-31)25-10-7-11-26(19-25)33-21-30-27-18-24(12-13-28(27)33)29(34)36-20-23-8-5-4-6-9-23/h4-13,18-19,21-22H,3,14-17,20H2,1-2H3. The number of anilines is 1. The predicted molar refractivity (Wildman–Crippen MR) is 142 cm³/mol. The van der Waals surface area contributed by atoms with Gasteiger partial charge >= 0.3 is 5.97 Å². The molecule has 7 nitrogen and oxygen atoms in total. The summed E-state index contributed by atoms with van der Waals surface area (Å²) in [7, 11) is 0. The Morgan fingerprint density at radius 2 is 1.72 bits per heavy atom. The first-order chi connectivity index (χ1) is 17.6. The number of benzene rings is 3. The Morgan fingerprint density at radius 3 is 2.50 bits per heavy atom. The SMILES string of the molecule is CCOC(C)N1CCN(c2cccc(-n3cnc4cc(C(=O)OCc5ccccc5)ccc43)c2)CC1. The molecule has 1 unspecified atom stereocenters. The van der Waals surface area contributed by atoms with Crippen molar-refractivity contribution < 1.29 is 14.3 Å². The molecule has 7 heteroatoms. The van der Waals surface area contributed by atoms with Crippen molar-refractivity contribution in [2.45, 2.75) is 26.7 Å². The van der Waals surface area contributed by atoms with Gasteiger partial charge in [0, 0.05) is 44.2 Å². The Bertz CT molecular complexity index is 1310. The van der Waals surface area contributed by atoms with E-state index in [4.69, 9.17) is 9.47 Å². The summed E-state index contributed by atoms with van der Waals surface area (Å²) in [4.78, 5) is 22.0. The third-order valence-electron chi connectivity index (χ3n) is 6.71. The lowest BCUT2D eigenvalue weighted by Gasteiger charge is -2.38. The molecule has 1 atom stereocenters. The van der Waals surface area contributed by atoms with E-state index in [0.717, 1.165) is 55.1 Å². The topological polar surface area (TPSA) is 59.8 Å². The number of piperazine rings is 1. The summed E-state index contributed by atoms with van der Waals surface area (Å²) in [5.74, 6) is -0.352. The van der Waals surface area contributed by atoms with Gasteiger partial charge in [0.2, 0.25) is 0 Å². The molecule has 186 valence electrons. The second kappa shape index (κ2) is 10.9. The van der Waals surface area contributed by atoms with E-state index in [0.29, 0.717) is 5.56 Å². The lowest BCUT2D eigenvalue weighted by molar-refractivity contribution is -0.0440. The van der Waals surface area contributed by atoms with E-state index in [-0.39, 0.29) is 18.8 Å². The van der Waals surface area contributed by atoms with Crippen LogP contribution in [0, 0.1) is 0 Å². The minimum atomic E-state index is -0.352. The Hall–Kier alpha value is -3.68. The first kappa shape index (κ1) is 24.0. The summed E-state index contributed by atoms with van der Waals surface area (Å²) in [6.07, 6.45) is 1.96. The van der Waals surface area contributed by atoms with Gasteiger partial charge in [0.15, 0.2) is 0 Å². The maximum absolute atomic E-state index is 12.6. The third-order valence-corrected chi connectivity index (χ3v) is 6.71. The van der Waals surface area contributed by atoms with Gasteiger partial charge in [0.05, 0.1) is 16.6 Å². The lowest BCUT2D eigenvalue weighted by Crippen LogP contribution is -2.50. The highest BCUT2D eigenvalue weighted by Gasteiger charge is 2.21. The number of hydrogen-bond donors (Lipinski definition) is 0. The van der Waals surface area contributed by atoms with Crippen molar-refractivity contribution in [1.82, 2.24) is 14.5 Å². The average molecular weight is 485 g/mol. The number of ether oxygens (including phenoxy) is 2. The fourth-order valence-electron chi connectivity index (χ4n) is 4.68. The summed E-state index contributed by atoms with van der Waals surface area (Å²) < 4.78 is 13.3. The van der Waals surface area contributed by atoms with Crippen LogP contribution in [0.1, 0.15) is 29.8 Å². The van der Waals surface area contributed by atoms with Crippen LogP contribution < -0.4 is 4.90 Å². The molecule has 36 heavy (non-hydrogen) atoms. The molecule has 0 saturated carbocycles. The van der Waals surface area contributed by atoms with Gasteiger partial charge in [-0.1, -0.05) is 36.4 Å². The highest BCUT2D eigenvalue weighted by Crippen LogP contribution is 2.25. The van der Waals surface area contributed by atoms with Crippen LogP contribution in [0.4, 0.5) is 5.69 Å². The zero-order valence-corrected chi connectivity index (χ0v) is 20.8. The number of nitrogens with zero attached hydrogens (tertiary/aromatic N) is 4. The monoisotopic (exact) mass is 484 g/mol. The van der Waals surface area contributed by atoms with Crippen molar-refractivity contribution in [1.29, 1.82) is 0 Å². The Kier molecular flexibility index (Phi) is 7.30. The molecule has 5 rings (SSSR count). The van der Waals surface area contributed by atoms with Crippen molar-refractivity contribution >= 4 is 22.7 Å². The molecule has 0 bridgehead atoms. The van der Waals surface area contributed by atoms with E-state index >= 15 is 0 Å². The van der Waals surface area contributed by atoms with Crippen molar-refractivity contribution in [3.8, 4) is 5.69 Å². The second-order valence-electron chi connectivity index (χ2n) is 8.98. The van der Waals surface area contributed by atoms with Crippen LogP contribution in [0.2, 0.25) is 0 Å². The normalized spacial score (nSPS) is 15.2. The van der Waals surface area contributed by atoms with E-state index in [2.05, 4.69) is 50.5 Å². The van der Waals surface area contributed by atoms with E-state index < -0.39 is 0 Å². The van der Waals surface area contributed by atoms with Crippen molar-refractivity contribution in [2.24, 2.45) is 0 Å². The summed E-state index contributed by atoms with van der Waals surface area (Å²) in [6, 6.07) is 23.7. The largest absolute Gasteiger partial charge is 0.457 e. The molecule has 1 fully saturated rings. The predicted octanol–water partition coefficient (Wildman–Crippen LogP) is 4.89. The van der Waals surface area contributed by atoms with Crippen LogP contribution in [0.5, 0.6) is 0 Å². The number of carbonyl (C=O) groups is 1. The summed E-state index contributed by atoms with van der Waals surface area (Å²) in [5, 5.41) is 0. The first-order valence-corrected chi connectivity index (χ1v) is 12.5. The van der Waals surface area contributed by atoms with Crippen LogP contribution in [0.3, 0.4) is 0 Å². The quantitative estimate of drug-likeness (QED) is 0.332. The van der Waals surface area contributed by atoms with Gasteiger partial charge in [-0.15, -0.1) is 0 Å². The van der Waals surface area contributed by atoms with Crippen LogP contribution >= 0.6 is 0 Å². The smallest absolute Gasteiger partial charge is 0.338 e. The number of carbonyl (C=O) groups excluding carboxylic acids is 1. The third kappa shape index (κ3) is 5.27. The van der Waals surface area contributed by atoms with E-state index in [1.54, 1.807) is 12.1 Å². The molecule has 1 aromatic heterocycles. The maximum atomic E-state index is 12.6. The molecule has 0 spiro atoms. The minimum absolute atomic E-state index is 0.154. The molecule has 4 aromatic rings. The maximum Gasteiger partial charge on any atom is 0.338 e. The molecule has 2 heterocycles. The second-order valence-corrected chi connectivity index (χ2v) is 8.98. The van der Waals surface area contributed by atoms with Gasteiger partial charge in [0.1, 0.15) is 19.2 Å². The van der Waals surface area contributed by atoms with Gasteiger partial charge in [-0.25, -0.2) is 9.78 Å². The molecular formula is C29H32N4O3. The van der Waals surface area contributed by atoms with Crippen molar-refractivity contribution in [3.63, 3.8) is 0 Å². The number of fused-ring (bicyclic) bond motifs is 1. The van der Waals surface area contributed by atoms with Crippen LogP contribution in [0.25, 0.3) is 16.7 Å². The Morgan fingerprint density at radius 1 is 0.944 bits per heavy atom. The van der Waals surface area contributed by atoms with E-state index in [1.807, 2.05) is 49.6 Å². The lowest BCUT2D eigenvalue weighted by atomic mass is 10.2. The summed E-state index contributed by atoms with van der Waals surface area (Å²) in [6.45, 7) is 9.01. The zero-order chi connectivity index (χ0) is 24.9. The molecule has 0 amide bonds. The Balaban J connectivity index is 1.28. The fourth-order valence-corrected chi connectivity index (χ4v) is 4.68. The zero-order valence-electron chi connectivity index (χ0n) is 20.8. The minimum Gasteiger partial charge on any atom is -0.457 e. The summed E-state index contributed by atoms with van der Waals surface area (Å²) in [5.41, 5.74) is 5.40. The van der Waals surface area contributed by atoms with Crippen LogP contribution in [0.15, 0.2) is 79.1 Å². The molecule has 3 aromatic carbocycles. The van der Waals surface area contributed by atoms with Crippen molar-refractivity contribution in [2.75, 3.05) is 37.7 Å². The van der Waals surface area contributed by atoms with E-state index in [9.17, 15) is 4.79 Å². The van der Waals surface area contributed by atoms with Gasteiger partial charge in [0.25, 0.3) is 0 Å². The molecule has 1 aliphatic heterocycles. The molecule has 0 N–H and O–H groups in total. The highest BCUT2D eigenvalue weighted by atomic mass is 16.5. The van der Waals surface area contributed by atoms with Gasteiger partial charge in [-0.05, 0) is 55.8 Å². The molecule has 1 saturated heterocycles. The number of imidazole rings is 1. The van der Waals surface area contributed by atoms with Gasteiger partial charge < -0.3 is 14.4 Å². The molecular weight excluding hydrogens is 452 g/mol. The summed E-state index contributed by atoms with van der Waals surface area (Å²) >= 11 is 0. The fraction of sp³-hybridized carbons (Fsp3) is 0.310. The van der Waals surface area contributed by atoms with Crippen LogP contribution in [-0.4, -0.2) is 59.4 Å². The molecule has 0 aliphatic carbocycles. The van der Waals surface area contributed by atoms with Crippen LogP contribution in [-0.2, 0) is 16.1 Å². The van der Waals surface area contributed by atoms with E-state index in [1.165, 1.54) is 5.69 Å². The number of hydrogen-bond acceptors (Lipinski definition) is 6.